The van der Waals surface area contributed by atoms with Crippen molar-refractivity contribution in [3.63, 3.8) is 0 Å². The summed E-state index contributed by atoms with van der Waals surface area (Å²) in [6.07, 6.45) is 2.45. The van der Waals surface area contributed by atoms with E-state index in [1.807, 2.05) is 6.07 Å². The normalized spacial score (nSPS) is 33.0. The second kappa shape index (κ2) is 9.21. The quantitative estimate of drug-likeness (QED) is 0.178. The number of hydrogen-bond acceptors (Lipinski definition) is 8. The van der Waals surface area contributed by atoms with Crippen molar-refractivity contribution < 1.29 is 24.5 Å². The third-order valence-corrected chi connectivity index (χ3v) is 9.04. The molecule has 5 aliphatic heterocycles. The van der Waals surface area contributed by atoms with Crippen LogP contribution in [-0.4, -0.2) is 101 Å². The Bertz CT molecular complexity index is 1260. The molecule has 0 unspecified atom stereocenters. The highest BCUT2D eigenvalue weighted by Gasteiger charge is 2.74. The summed E-state index contributed by atoms with van der Waals surface area (Å²) in [6, 6.07) is 2.34. The Hall–Kier alpha value is -3.62. The Kier molecular flexibility index (Phi) is 6.12. The lowest BCUT2D eigenvalue weighted by atomic mass is 9.79. The van der Waals surface area contributed by atoms with Crippen LogP contribution in [0, 0.1) is 10.8 Å². The molecule has 0 bridgehead atoms. The molecule has 6 rings (SSSR count). The van der Waals surface area contributed by atoms with Crippen molar-refractivity contribution in [3.05, 3.63) is 29.3 Å². The Morgan fingerprint density at radius 1 is 1.23 bits per heavy atom. The molecule has 216 valence electrons. The van der Waals surface area contributed by atoms with Crippen molar-refractivity contribution in [1.29, 1.82) is 10.8 Å². The van der Waals surface area contributed by atoms with Gasteiger partial charge in [0.05, 0.1) is 30.3 Å². The molecule has 5 aliphatic rings. The summed E-state index contributed by atoms with van der Waals surface area (Å²) in [6.45, 7) is 5.38. The summed E-state index contributed by atoms with van der Waals surface area (Å²) >= 11 is 0. The number of benzene rings is 1. The van der Waals surface area contributed by atoms with Crippen molar-refractivity contribution in [3.8, 4) is 5.75 Å². The third kappa shape index (κ3) is 3.88. The lowest BCUT2D eigenvalue weighted by Crippen LogP contribution is -2.81. The van der Waals surface area contributed by atoms with Crippen molar-refractivity contribution in [2.75, 3.05) is 26.2 Å². The zero-order chi connectivity index (χ0) is 28.4. The molecule has 14 heteroatoms. The monoisotopic (exact) mass is 555 g/mol. The summed E-state index contributed by atoms with van der Waals surface area (Å²) in [5.74, 6) is -3.11. The first-order valence-corrected chi connectivity index (χ1v) is 13.7. The topological polar surface area (TPSA) is 207 Å². The highest BCUT2D eigenvalue weighted by molar-refractivity contribution is 5.98. The number of guanidine groups is 2. The number of para-hydroxylation sites is 1. The maximum atomic E-state index is 13.5. The average Bonchev–Trinajstić information content (AvgIpc) is 3.61. The van der Waals surface area contributed by atoms with Gasteiger partial charge >= 0.3 is 0 Å². The summed E-state index contributed by atoms with van der Waals surface area (Å²) in [7, 11) is 0. The zero-order valence-electron chi connectivity index (χ0n) is 22.6. The number of hydrogen-bond donors (Lipinski definition) is 10. The fraction of sp³-hybridized carbons (Fsp3) is 0.615. The molecule has 0 aliphatic carbocycles. The van der Waals surface area contributed by atoms with Gasteiger partial charge in [0.25, 0.3) is 5.91 Å². The lowest BCUT2D eigenvalue weighted by Gasteiger charge is -2.51. The first-order chi connectivity index (χ1) is 19.0. The average molecular weight is 556 g/mol. The van der Waals surface area contributed by atoms with Gasteiger partial charge in [-0.2, -0.15) is 0 Å². The van der Waals surface area contributed by atoms with Crippen molar-refractivity contribution in [1.82, 2.24) is 36.8 Å². The van der Waals surface area contributed by atoms with Crippen LogP contribution in [0.2, 0.25) is 0 Å². The second-order valence-electron chi connectivity index (χ2n) is 11.9. The molecule has 5 heterocycles. The maximum absolute atomic E-state index is 13.5. The highest BCUT2D eigenvalue weighted by Crippen LogP contribution is 2.44. The van der Waals surface area contributed by atoms with E-state index in [9.17, 15) is 19.8 Å². The van der Waals surface area contributed by atoms with Crippen LogP contribution in [0.1, 0.15) is 49.0 Å². The van der Waals surface area contributed by atoms with Gasteiger partial charge in [-0.15, -0.1) is 0 Å². The molecule has 1 spiro atoms. The number of aliphatic hydroxyl groups is 2. The molecular weight excluding hydrogens is 518 g/mol. The Labute approximate surface area is 231 Å². The number of nitrogens with zero attached hydrogens (tertiary/aromatic N) is 1. The van der Waals surface area contributed by atoms with Crippen molar-refractivity contribution in [2.45, 2.75) is 74.1 Å². The number of ether oxygens (including phenoxy) is 1. The van der Waals surface area contributed by atoms with Crippen LogP contribution in [0.15, 0.2) is 18.2 Å². The molecule has 0 saturated carbocycles. The zero-order valence-corrected chi connectivity index (χ0v) is 22.6. The van der Waals surface area contributed by atoms with E-state index in [2.05, 4.69) is 45.7 Å². The first kappa shape index (κ1) is 26.6. The smallest absolute Gasteiger partial charge is 0.255 e. The van der Waals surface area contributed by atoms with Crippen LogP contribution >= 0.6 is 0 Å². The van der Waals surface area contributed by atoms with Crippen molar-refractivity contribution in [2.24, 2.45) is 0 Å². The van der Waals surface area contributed by atoms with E-state index in [1.54, 1.807) is 12.1 Å². The number of carbonyl (C=O) groups excluding carboxylic acids is 2. The van der Waals surface area contributed by atoms with Crippen LogP contribution < -0.4 is 36.6 Å². The van der Waals surface area contributed by atoms with Gasteiger partial charge in [0, 0.05) is 18.7 Å². The van der Waals surface area contributed by atoms with Crippen molar-refractivity contribution >= 4 is 23.7 Å². The van der Waals surface area contributed by atoms with E-state index in [0.717, 1.165) is 31.4 Å². The molecule has 0 radical (unpaired) electrons. The standard InChI is InChI=1S/C26H37N9O5/c1-24(2)8-10-40-18-13(5-3-6-14(18)24)20(36)32-17-12-35-23(28)31-16(11-30-21(37)15-7-4-9-29-15)19-25(35,26(17,38)39)34-22(27)33-19/h3,5-6,15-17,19,29,38-39H,4,7-12H2,1-2H3,(H2,28,31)(H,30,37)(H,32,36)(H3,27,33,34)/t15-,16-,17-,19-,25-/m0/s1. The Morgan fingerprint density at radius 3 is 2.77 bits per heavy atom. The first-order valence-electron chi connectivity index (χ1n) is 13.7. The number of nitrogens with one attached hydrogen (secondary N) is 8. The SMILES string of the molecule is CC1(C)CCOc2c(C(=O)N[C@H]3CN4C(=N)N[C@@H](CNC(=O)[C@@H]5CCCN5)[C@@H]5NC(=N)N[C@@]54C3(O)O)cccc21. The summed E-state index contributed by atoms with van der Waals surface area (Å²) in [4.78, 5) is 27.6. The highest BCUT2D eigenvalue weighted by atomic mass is 16.5. The molecule has 1 aromatic carbocycles. The number of fused-ring (bicyclic) bond motifs is 1. The molecule has 4 fully saturated rings. The van der Waals surface area contributed by atoms with Gasteiger partial charge in [0.15, 0.2) is 17.6 Å². The van der Waals surface area contributed by atoms with Crippen LogP contribution in [0.4, 0.5) is 0 Å². The summed E-state index contributed by atoms with van der Waals surface area (Å²) in [5.41, 5.74) is -0.730. The number of rotatable bonds is 5. The minimum absolute atomic E-state index is 0.0813. The molecule has 4 saturated heterocycles. The van der Waals surface area contributed by atoms with E-state index in [4.69, 9.17) is 15.6 Å². The van der Waals surface area contributed by atoms with Gasteiger partial charge in [-0.1, -0.05) is 26.0 Å². The second-order valence-corrected chi connectivity index (χ2v) is 11.9. The van der Waals surface area contributed by atoms with E-state index >= 15 is 0 Å². The fourth-order valence-electron chi connectivity index (χ4n) is 6.78. The predicted molar refractivity (Wildman–Crippen MR) is 144 cm³/mol. The minimum atomic E-state index is -2.61. The van der Waals surface area contributed by atoms with E-state index < -0.39 is 35.5 Å². The summed E-state index contributed by atoms with van der Waals surface area (Å²) in [5, 5.41) is 57.9. The summed E-state index contributed by atoms with van der Waals surface area (Å²) < 4.78 is 5.89. The van der Waals surface area contributed by atoms with Gasteiger partial charge in [-0.05, 0) is 37.3 Å². The van der Waals surface area contributed by atoms with E-state index in [1.165, 1.54) is 4.90 Å². The van der Waals surface area contributed by atoms with Crippen LogP contribution in [-0.2, 0) is 10.2 Å². The van der Waals surface area contributed by atoms with E-state index in [-0.39, 0.29) is 42.4 Å². The van der Waals surface area contributed by atoms with Gasteiger partial charge in [-0.25, -0.2) is 0 Å². The molecule has 0 aromatic heterocycles. The third-order valence-electron chi connectivity index (χ3n) is 9.04. The molecular formula is C26H37N9O5. The van der Waals surface area contributed by atoms with Gasteiger partial charge in [-0.3, -0.25) is 20.4 Å². The fourth-order valence-corrected chi connectivity index (χ4v) is 6.78. The van der Waals surface area contributed by atoms with Gasteiger partial charge < -0.3 is 51.8 Å². The predicted octanol–water partition coefficient (Wildman–Crippen LogP) is -2.19. The van der Waals surface area contributed by atoms with E-state index in [0.29, 0.717) is 17.9 Å². The number of amides is 2. The Morgan fingerprint density at radius 2 is 2.02 bits per heavy atom. The van der Waals surface area contributed by atoms with Crippen LogP contribution in [0.3, 0.4) is 0 Å². The molecule has 14 nitrogen and oxygen atoms in total. The van der Waals surface area contributed by atoms with Gasteiger partial charge in [0.2, 0.25) is 11.7 Å². The Balaban J connectivity index is 1.25. The van der Waals surface area contributed by atoms with Gasteiger partial charge in [0.1, 0.15) is 11.8 Å². The minimum Gasteiger partial charge on any atom is -0.492 e. The van der Waals surface area contributed by atoms with Crippen LogP contribution in [0.25, 0.3) is 0 Å². The molecule has 5 atom stereocenters. The molecule has 40 heavy (non-hydrogen) atoms. The van der Waals surface area contributed by atoms with Crippen LogP contribution in [0.5, 0.6) is 5.75 Å². The lowest BCUT2D eigenvalue weighted by molar-refractivity contribution is -0.232. The maximum Gasteiger partial charge on any atom is 0.255 e. The molecule has 10 N–H and O–H groups in total. The molecule has 2 amide bonds. The molecule has 1 aromatic rings. The number of carbonyl (C=O) groups is 2. The largest absolute Gasteiger partial charge is 0.492 e.